The van der Waals surface area contributed by atoms with E-state index in [1.165, 1.54) is 14.2 Å². The lowest BCUT2D eigenvalue weighted by atomic mass is 9.96. The first-order valence-electron chi connectivity index (χ1n) is 15.2. The Bertz CT molecular complexity index is 1980. The highest BCUT2D eigenvalue weighted by molar-refractivity contribution is 6.13. The van der Waals surface area contributed by atoms with E-state index in [1.54, 1.807) is 40.6 Å². The molecule has 246 valence electrons. The lowest BCUT2D eigenvalue weighted by Crippen LogP contribution is -2.13. The molecule has 2 aromatic heterocycles. The molecule has 0 bridgehead atoms. The summed E-state index contributed by atoms with van der Waals surface area (Å²) in [6, 6.07) is 26.9. The molecule has 0 saturated heterocycles. The molecule has 0 aliphatic rings. The minimum atomic E-state index is -0.505. The number of hydrogen-bond acceptors (Lipinski definition) is 8. The van der Waals surface area contributed by atoms with E-state index in [2.05, 4.69) is 0 Å². The first kappa shape index (κ1) is 32.1. The Morgan fingerprint density at radius 2 is 0.896 bits per heavy atom. The molecule has 48 heavy (non-hydrogen) atoms. The Balaban J connectivity index is 1.84. The quantitative estimate of drug-likeness (QED) is 0.139. The average molecular weight is 649 g/mol. The highest BCUT2D eigenvalue weighted by Gasteiger charge is 2.32. The fourth-order valence-corrected chi connectivity index (χ4v) is 6.37. The normalized spacial score (nSPS) is 11.0. The van der Waals surface area contributed by atoms with Gasteiger partial charge >= 0.3 is 11.9 Å². The molecule has 0 atom stereocenters. The van der Waals surface area contributed by atoms with E-state index in [-0.39, 0.29) is 0 Å². The van der Waals surface area contributed by atoms with Crippen LogP contribution in [0.3, 0.4) is 0 Å². The van der Waals surface area contributed by atoms with Crippen molar-refractivity contribution in [1.29, 1.82) is 0 Å². The Kier molecular flexibility index (Phi) is 8.98. The number of rotatable bonds is 11. The molecule has 0 N–H and O–H groups in total. The van der Waals surface area contributed by atoms with Gasteiger partial charge in [0.25, 0.3) is 0 Å². The molecule has 2 heterocycles. The molecular formula is C38H36N2O8. The predicted molar refractivity (Wildman–Crippen MR) is 183 cm³/mol. The molecule has 0 saturated carbocycles. The molecule has 0 fully saturated rings. The Labute approximate surface area is 277 Å². The van der Waals surface area contributed by atoms with Crippen LogP contribution in [0.1, 0.15) is 32.1 Å². The standard InChI is InChI=1S/C38H36N2O8/c1-43-29-19-25-17-27(37(41)47-5)39(21-23-13-9-7-10-14-23)33(25)31(35(29)45-3)32-34-26(20-30(44-2)36(32)46-4)18-28(38(42)48-6)40(34)22-24-15-11-8-12-16-24/h7-20H,21-22H2,1-6H3. The second-order valence-electron chi connectivity index (χ2n) is 11.0. The Hall–Kier alpha value is -5.90. The number of fused-ring (bicyclic) bond motifs is 2. The van der Waals surface area contributed by atoms with Gasteiger partial charge in [-0.3, -0.25) is 0 Å². The molecule has 0 amide bonds. The monoisotopic (exact) mass is 648 g/mol. The van der Waals surface area contributed by atoms with Gasteiger partial charge in [0.05, 0.1) is 64.8 Å². The summed E-state index contributed by atoms with van der Waals surface area (Å²) in [5.41, 5.74) is 5.06. The number of methoxy groups -OCH3 is 6. The van der Waals surface area contributed by atoms with E-state index in [0.29, 0.717) is 80.4 Å². The van der Waals surface area contributed by atoms with Crippen molar-refractivity contribution in [2.45, 2.75) is 13.1 Å². The molecule has 6 aromatic rings. The second-order valence-corrected chi connectivity index (χ2v) is 11.0. The van der Waals surface area contributed by atoms with Gasteiger partial charge in [0.2, 0.25) is 0 Å². The first-order chi connectivity index (χ1) is 23.4. The van der Waals surface area contributed by atoms with Crippen LogP contribution in [0, 0.1) is 0 Å². The molecule has 6 rings (SSSR count). The van der Waals surface area contributed by atoms with Gasteiger partial charge in [-0.1, -0.05) is 60.7 Å². The summed E-state index contributed by atoms with van der Waals surface area (Å²) in [5.74, 6) is 0.646. The summed E-state index contributed by atoms with van der Waals surface area (Å²) in [6.07, 6.45) is 0. The third-order valence-corrected chi connectivity index (χ3v) is 8.46. The van der Waals surface area contributed by atoms with Crippen LogP contribution in [0.4, 0.5) is 0 Å². The minimum absolute atomic E-state index is 0.334. The molecule has 10 nitrogen and oxygen atoms in total. The van der Waals surface area contributed by atoms with Gasteiger partial charge in [-0.25, -0.2) is 9.59 Å². The van der Waals surface area contributed by atoms with Crippen molar-refractivity contribution in [3.05, 3.63) is 107 Å². The van der Waals surface area contributed by atoms with Crippen LogP contribution >= 0.6 is 0 Å². The molecule has 0 aliphatic carbocycles. The molecule has 0 spiro atoms. The Morgan fingerprint density at radius 3 is 1.21 bits per heavy atom. The van der Waals surface area contributed by atoms with E-state index < -0.39 is 11.9 Å². The first-order valence-corrected chi connectivity index (χ1v) is 15.2. The maximum absolute atomic E-state index is 13.3. The van der Waals surface area contributed by atoms with Crippen molar-refractivity contribution in [2.24, 2.45) is 0 Å². The number of hydrogen-bond donors (Lipinski definition) is 0. The van der Waals surface area contributed by atoms with E-state index >= 15 is 0 Å². The summed E-state index contributed by atoms with van der Waals surface area (Å²) in [6.45, 7) is 0.677. The predicted octanol–water partition coefficient (Wildman–Crippen LogP) is 6.97. The minimum Gasteiger partial charge on any atom is -0.493 e. The van der Waals surface area contributed by atoms with Crippen molar-refractivity contribution >= 4 is 33.7 Å². The van der Waals surface area contributed by atoms with Crippen molar-refractivity contribution in [1.82, 2.24) is 9.13 Å². The number of benzene rings is 4. The summed E-state index contributed by atoms with van der Waals surface area (Å²) < 4.78 is 38.4. The molecule has 0 aliphatic heterocycles. The fourth-order valence-electron chi connectivity index (χ4n) is 6.37. The SMILES string of the molecule is COC(=O)c1cc2cc(OC)c(OC)c(-c3c(OC)c(OC)cc4cc(C(=O)OC)n(Cc5ccccc5)c34)c2n1Cc1ccccc1. The highest BCUT2D eigenvalue weighted by Crippen LogP contribution is 2.53. The largest absolute Gasteiger partial charge is 0.493 e. The van der Waals surface area contributed by atoms with Gasteiger partial charge in [-0.05, 0) is 35.4 Å². The van der Waals surface area contributed by atoms with E-state index in [1.807, 2.05) is 81.9 Å². The molecule has 4 aromatic carbocycles. The van der Waals surface area contributed by atoms with Gasteiger partial charge in [-0.15, -0.1) is 0 Å². The highest BCUT2D eigenvalue weighted by atomic mass is 16.5. The van der Waals surface area contributed by atoms with E-state index in [9.17, 15) is 9.59 Å². The maximum atomic E-state index is 13.3. The van der Waals surface area contributed by atoms with Crippen LogP contribution in [0.2, 0.25) is 0 Å². The fraction of sp³-hybridized carbons (Fsp3) is 0.211. The number of esters is 2. The Morgan fingerprint density at radius 1 is 0.521 bits per heavy atom. The number of carbonyl (C=O) groups is 2. The van der Waals surface area contributed by atoms with Gasteiger partial charge in [0.15, 0.2) is 23.0 Å². The van der Waals surface area contributed by atoms with Gasteiger partial charge in [-0.2, -0.15) is 0 Å². The summed E-state index contributed by atoms with van der Waals surface area (Å²) in [5, 5.41) is 1.40. The van der Waals surface area contributed by atoms with Crippen LogP contribution in [0.25, 0.3) is 32.9 Å². The van der Waals surface area contributed by atoms with E-state index in [0.717, 1.165) is 11.1 Å². The summed E-state index contributed by atoms with van der Waals surface area (Å²) in [7, 11) is 8.95. The molecule has 0 unspecified atom stereocenters. The number of aromatic nitrogens is 2. The second kappa shape index (κ2) is 13.4. The van der Waals surface area contributed by atoms with Gasteiger partial charge in [0.1, 0.15) is 11.4 Å². The smallest absolute Gasteiger partial charge is 0.354 e. The van der Waals surface area contributed by atoms with Gasteiger partial charge < -0.3 is 37.6 Å². The molecule has 0 radical (unpaired) electrons. The summed E-state index contributed by atoms with van der Waals surface area (Å²) in [4.78, 5) is 26.7. The van der Waals surface area contributed by atoms with Crippen LogP contribution < -0.4 is 18.9 Å². The zero-order valence-corrected chi connectivity index (χ0v) is 27.7. The number of ether oxygens (including phenoxy) is 6. The molecule has 10 heteroatoms. The number of carbonyl (C=O) groups excluding carboxylic acids is 2. The van der Waals surface area contributed by atoms with Crippen LogP contribution in [0.15, 0.2) is 84.9 Å². The van der Waals surface area contributed by atoms with E-state index in [4.69, 9.17) is 28.4 Å². The number of nitrogens with zero attached hydrogens (tertiary/aromatic N) is 2. The van der Waals surface area contributed by atoms with Crippen LogP contribution in [0.5, 0.6) is 23.0 Å². The zero-order valence-electron chi connectivity index (χ0n) is 27.7. The van der Waals surface area contributed by atoms with Crippen molar-refractivity contribution < 1.29 is 38.0 Å². The average Bonchev–Trinajstić information content (AvgIpc) is 3.67. The van der Waals surface area contributed by atoms with Crippen molar-refractivity contribution in [3.8, 4) is 34.1 Å². The lowest BCUT2D eigenvalue weighted by molar-refractivity contribution is 0.0581. The maximum Gasteiger partial charge on any atom is 0.354 e. The molecular weight excluding hydrogens is 612 g/mol. The topological polar surface area (TPSA) is 99.4 Å². The zero-order chi connectivity index (χ0) is 33.9. The van der Waals surface area contributed by atoms with Crippen LogP contribution in [-0.4, -0.2) is 63.7 Å². The third kappa shape index (κ3) is 5.45. The van der Waals surface area contributed by atoms with Crippen molar-refractivity contribution in [2.75, 3.05) is 42.7 Å². The van der Waals surface area contributed by atoms with Crippen molar-refractivity contribution in [3.63, 3.8) is 0 Å². The lowest BCUT2D eigenvalue weighted by Gasteiger charge is -2.22. The third-order valence-electron chi connectivity index (χ3n) is 8.46. The van der Waals surface area contributed by atoms with Gasteiger partial charge in [0, 0.05) is 23.9 Å². The summed E-state index contributed by atoms with van der Waals surface area (Å²) >= 11 is 0. The van der Waals surface area contributed by atoms with Crippen LogP contribution in [-0.2, 0) is 22.6 Å².